The van der Waals surface area contributed by atoms with Crippen LogP contribution >= 0.6 is 11.8 Å². The van der Waals surface area contributed by atoms with Crippen molar-refractivity contribution in [2.24, 2.45) is 0 Å². The van der Waals surface area contributed by atoms with Crippen LogP contribution in [0.5, 0.6) is 5.75 Å². The summed E-state index contributed by atoms with van der Waals surface area (Å²) >= 11 is 1.33. The van der Waals surface area contributed by atoms with Gasteiger partial charge in [0.2, 0.25) is 0 Å². The van der Waals surface area contributed by atoms with E-state index in [-0.39, 0.29) is 24.3 Å². The number of esters is 1. The van der Waals surface area contributed by atoms with Crippen molar-refractivity contribution in [3.63, 3.8) is 0 Å². The summed E-state index contributed by atoms with van der Waals surface area (Å²) in [5.74, 6) is 0.203. The molecule has 1 heterocycles. The molecule has 1 aliphatic rings. The number of nitriles is 1. The highest BCUT2D eigenvalue weighted by atomic mass is 32.2. The highest BCUT2D eigenvalue weighted by Crippen LogP contribution is 2.38. The van der Waals surface area contributed by atoms with Crippen LogP contribution in [-0.2, 0) is 4.79 Å². The van der Waals surface area contributed by atoms with Gasteiger partial charge in [-0.3, -0.25) is 4.79 Å². The number of carbonyl (C=O) groups excluding carboxylic acids is 2. The minimum Gasteiger partial charge on any atom is -0.422 e. The Morgan fingerprint density at radius 1 is 1.12 bits per heavy atom. The molecule has 5 nitrogen and oxygen atoms in total. The van der Waals surface area contributed by atoms with Gasteiger partial charge in [-0.05, 0) is 64.3 Å². The molecule has 0 N–H and O–H groups in total. The second-order valence-corrected chi connectivity index (χ2v) is 9.04. The quantitative estimate of drug-likeness (QED) is 0.233. The van der Waals surface area contributed by atoms with Crippen molar-refractivity contribution in [1.29, 1.82) is 5.26 Å². The van der Waals surface area contributed by atoms with E-state index in [0.717, 1.165) is 16.7 Å². The van der Waals surface area contributed by atoms with Crippen molar-refractivity contribution in [2.75, 3.05) is 6.54 Å². The Morgan fingerprint density at radius 2 is 1.75 bits per heavy atom. The number of rotatable bonds is 6. The largest absolute Gasteiger partial charge is 0.422 e. The zero-order valence-electron chi connectivity index (χ0n) is 18.7. The minimum absolute atomic E-state index is 0.0100. The van der Waals surface area contributed by atoms with E-state index in [9.17, 15) is 9.59 Å². The third-order valence-corrected chi connectivity index (χ3v) is 5.87. The first-order valence-corrected chi connectivity index (χ1v) is 11.4. The van der Waals surface area contributed by atoms with Gasteiger partial charge in [0, 0.05) is 6.20 Å². The third-order valence-electron chi connectivity index (χ3n) is 5.06. The maximum Gasteiger partial charge on any atom is 0.343 e. The fraction of sp³-hybridized carbons (Fsp3) is 0.269. The van der Waals surface area contributed by atoms with Crippen LogP contribution < -0.4 is 4.74 Å². The van der Waals surface area contributed by atoms with Crippen LogP contribution in [0.15, 0.2) is 59.0 Å². The van der Waals surface area contributed by atoms with Crippen LogP contribution in [0.1, 0.15) is 66.6 Å². The molecule has 0 aliphatic carbocycles. The molecule has 2 aromatic rings. The van der Waals surface area contributed by atoms with Gasteiger partial charge in [-0.1, -0.05) is 57.7 Å². The summed E-state index contributed by atoms with van der Waals surface area (Å²) in [6.45, 7) is 8.21. The predicted octanol–water partition coefficient (Wildman–Crippen LogP) is 6.06. The molecule has 3 rings (SSSR count). The van der Waals surface area contributed by atoms with Crippen LogP contribution in [0, 0.1) is 11.3 Å². The van der Waals surface area contributed by atoms with Crippen molar-refractivity contribution in [2.45, 2.75) is 39.5 Å². The van der Waals surface area contributed by atoms with E-state index in [1.54, 1.807) is 23.7 Å². The zero-order chi connectivity index (χ0) is 23.3. The Hall–Kier alpha value is -3.30. The molecule has 1 amide bonds. The number of hydrogen-bond donors (Lipinski definition) is 0. The highest BCUT2D eigenvalue weighted by molar-refractivity contribution is 8.06. The van der Waals surface area contributed by atoms with E-state index in [1.165, 1.54) is 16.7 Å². The number of thioether (sulfide) groups is 1. The molecule has 0 radical (unpaired) electrons. The normalized spacial score (nSPS) is 14.8. The van der Waals surface area contributed by atoms with Crippen molar-refractivity contribution in [3.8, 4) is 11.8 Å². The molecule has 0 spiro atoms. The van der Waals surface area contributed by atoms with Crippen LogP contribution in [0.3, 0.4) is 0 Å². The second kappa shape index (κ2) is 10.3. The number of nitrogens with zero attached hydrogens (tertiary/aromatic N) is 2. The van der Waals surface area contributed by atoms with Gasteiger partial charge in [0.15, 0.2) is 0 Å². The van der Waals surface area contributed by atoms with Crippen LogP contribution in [-0.4, -0.2) is 23.3 Å². The molecule has 2 aromatic carbocycles. The van der Waals surface area contributed by atoms with E-state index in [2.05, 4.69) is 0 Å². The molecule has 0 saturated heterocycles. The molecule has 1 aliphatic heterocycles. The molecule has 0 unspecified atom stereocenters. The van der Waals surface area contributed by atoms with Gasteiger partial charge >= 0.3 is 5.97 Å². The van der Waals surface area contributed by atoms with Gasteiger partial charge in [0.25, 0.3) is 5.91 Å². The maximum absolute atomic E-state index is 12.8. The van der Waals surface area contributed by atoms with Crippen molar-refractivity contribution in [1.82, 2.24) is 4.90 Å². The van der Waals surface area contributed by atoms with Gasteiger partial charge < -0.3 is 9.64 Å². The molecule has 6 heteroatoms. The molecule has 0 aromatic heterocycles. The van der Waals surface area contributed by atoms with E-state index in [4.69, 9.17) is 10.00 Å². The molecule has 0 atom stereocenters. The monoisotopic (exact) mass is 446 g/mol. The lowest BCUT2D eigenvalue weighted by atomic mass is 9.91. The number of benzene rings is 2. The Labute approximate surface area is 193 Å². The zero-order valence-corrected chi connectivity index (χ0v) is 19.5. The Kier molecular flexibility index (Phi) is 7.55. The van der Waals surface area contributed by atoms with Crippen LogP contribution in [0.25, 0.3) is 6.08 Å². The fourth-order valence-corrected chi connectivity index (χ4v) is 4.14. The lowest BCUT2D eigenvalue weighted by molar-refractivity contribution is -0.123. The van der Waals surface area contributed by atoms with Crippen molar-refractivity contribution >= 4 is 29.7 Å². The standard InChI is InChI=1S/C26H26N2O3S/c1-17(2)21-14-19(16-23-25(29)28(11-10-27)12-13-32-23)15-22(18(3)4)24(21)31-26(30)20-8-6-5-7-9-20/h5-9,12-18H,11H2,1-4H3. The van der Waals surface area contributed by atoms with E-state index < -0.39 is 5.97 Å². The first-order chi connectivity index (χ1) is 15.3. The summed E-state index contributed by atoms with van der Waals surface area (Å²) in [6.07, 6.45) is 3.46. The molecule has 0 fully saturated rings. The number of amides is 1. The van der Waals surface area contributed by atoms with Gasteiger partial charge in [0.1, 0.15) is 12.3 Å². The molecule has 32 heavy (non-hydrogen) atoms. The van der Waals surface area contributed by atoms with Crippen molar-refractivity contribution < 1.29 is 14.3 Å². The average Bonchev–Trinajstić information content (AvgIpc) is 2.77. The smallest absolute Gasteiger partial charge is 0.343 e. The summed E-state index contributed by atoms with van der Waals surface area (Å²) < 4.78 is 5.91. The molecule has 0 saturated carbocycles. The molecule has 164 valence electrons. The van der Waals surface area contributed by atoms with Gasteiger partial charge in [-0.2, -0.15) is 5.26 Å². The highest BCUT2D eigenvalue weighted by Gasteiger charge is 2.23. The van der Waals surface area contributed by atoms with Gasteiger partial charge in [0.05, 0.1) is 16.5 Å². The van der Waals surface area contributed by atoms with E-state index in [0.29, 0.717) is 16.2 Å². The first kappa shape index (κ1) is 23.4. The lowest BCUT2D eigenvalue weighted by Gasteiger charge is -2.22. The van der Waals surface area contributed by atoms with E-state index >= 15 is 0 Å². The topological polar surface area (TPSA) is 70.4 Å². The van der Waals surface area contributed by atoms with Crippen LogP contribution in [0.2, 0.25) is 0 Å². The summed E-state index contributed by atoms with van der Waals surface area (Å²) in [5.41, 5.74) is 3.17. The first-order valence-electron chi connectivity index (χ1n) is 10.5. The average molecular weight is 447 g/mol. The lowest BCUT2D eigenvalue weighted by Crippen LogP contribution is -2.28. The van der Waals surface area contributed by atoms with Gasteiger partial charge in [-0.25, -0.2) is 4.79 Å². The number of ether oxygens (including phenoxy) is 1. The SMILES string of the molecule is CC(C)c1cc(C=C2SC=CN(CC#N)C2=O)cc(C(C)C)c1OC(=O)c1ccccc1. The van der Waals surface area contributed by atoms with E-state index in [1.807, 2.05) is 70.2 Å². The summed E-state index contributed by atoms with van der Waals surface area (Å²) in [6, 6.07) is 14.9. The summed E-state index contributed by atoms with van der Waals surface area (Å²) in [5, 5.41) is 10.7. The Balaban J connectivity index is 2.04. The second-order valence-electron chi connectivity index (χ2n) is 8.10. The third kappa shape index (κ3) is 5.30. The predicted molar refractivity (Wildman–Crippen MR) is 128 cm³/mol. The van der Waals surface area contributed by atoms with Gasteiger partial charge in [-0.15, -0.1) is 0 Å². The summed E-state index contributed by atoms with van der Waals surface area (Å²) in [7, 11) is 0. The Morgan fingerprint density at radius 3 is 2.31 bits per heavy atom. The van der Waals surface area contributed by atoms with Crippen molar-refractivity contribution in [3.05, 3.63) is 81.2 Å². The molecule has 0 bridgehead atoms. The van der Waals surface area contributed by atoms with Crippen LogP contribution in [0.4, 0.5) is 0 Å². The fourth-order valence-electron chi connectivity index (χ4n) is 3.37. The number of carbonyl (C=O) groups is 2. The summed E-state index contributed by atoms with van der Waals surface area (Å²) in [4.78, 5) is 27.4. The maximum atomic E-state index is 12.8. The Bertz CT molecular complexity index is 1080. The molecular weight excluding hydrogens is 420 g/mol. The minimum atomic E-state index is -0.393. The number of hydrogen-bond acceptors (Lipinski definition) is 5. The molecular formula is C26H26N2O3S.